The Labute approximate surface area is 196 Å². The number of carbonyl (C=O) groups is 8. The van der Waals surface area contributed by atoms with E-state index >= 15 is 0 Å². The Morgan fingerprint density at radius 1 is 0.310 bits per heavy atom. The van der Waals surface area contributed by atoms with E-state index in [2.05, 4.69) is 0 Å². The van der Waals surface area contributed by atoms with Crippen molar-refractivity contribution in [3.63, 3.8) is 0 Å². The van der Waals surface area contributed by atoms with Crippen LogP contribution < -0.4 is 0 Å². The number of hydrogen-bond donors (Lipinski definition) is 0. The van der Waals surface area contributed by atoms with Crippen LogP contribution in [-0.4, -0.2) is 46.3 Å². The van der Waals surface area contributed by atoms with Crippen molar-refractivity contribution in [2.45, 2.75) is 81.1 Å². The van der Waals surface area contributed by atoms with Crippen molar-refractivity contribution in [1.82, 2.24) is 0 Å². The van der Waals surface area contributed by atoms with Gasteiger partial charge in [0.15, 0.2) is 0 Å². The second kappa shape index (κ2) is 24.4. The van der Waals surface area contributed by atoms with Crippen molar-refractivity contribution in [1.29, 1.82) is 0 Å². The van der Waals surface area contributed by atoms with Crippen molar-refractivity contribution in [2.24, 2.45) is 0 Å². The van der Waals surface area contributed by atoms with Crippen LogP contribution in [0.1, 0.15) is 81.1 Å². The molecule has 0 saturated heterocycles. The first kappa shape index (κ1) is 38.1. The molecule has 0 heterocycles. The molecule has 0 rings (SSSR count). The van der Waals surface area contributed by atoms with Crippen LogP contribution in [-0.2, 0) is 38.4 Å². The van der Waals surface area contributed by atoms with Crippen LogP contribution in [0.15, 0.2) is 0 Å². The molecule has 0 N–H and O–H groups in total. The normalized spacial score (nSPS) is 8.00. The summed E-state index contributed by atoms with van der Waals surface area (Å²) in [7, 11) is 0. The van der Waals surface area contributed by atoms with E-state index in [9.17, 15) is 38.4 Å². The molecule has 0 aliphatic heterocycles. The number of rotatable bonds is 8. The average molecular weight is 638 g/mol. The van der Waals surface area contributed by atoms with Gasteiger partial charge in [0.25, 0.3) is 0 Å². The zero-order valence-electron chi connectivity index (χ0n) is 18.6. The van der Waals surface area contributed by atoms with Gasteiger partial charge < -0.3 is 0 Å². The first-order valence-electron chi connectivity index (χ1n) is 8.46. The maximum Gasteiger partial charge on any atom is 0.137 e. The van der Waals surface area contributed by atoms with Gasteiger partial charge in [-0.2, -0.15) is 0 Å². The molecule has 29 heavy (non-hydrogen) atoms. The van der Waals surface area contributed by atoms with E-state index in [0.29, 0.717) is 0 Å². The summed E-state index contributed by atoms with van der Waals surface area (Å²) in [4.78, 5) is 80.3. The minimum Gasteiger partial charge on any atom is -0.300 e. The molecular formula is C20H32O8U. The molecule has 0 unspecified atom stereocenters. The summed E-state index contributed by atoms with van der Waals surface area (Å²) in [6.45, 7) is 11.2. The van der Waals surface area contributed by atoms with Gasteiger partial charge in [0.05, 0.1) is 25.7 Å². The smallest absolute Gasteiger partial charge is 0.137 e. The molecule has 164 valence electrons. The van der Waals surface area contributed by atoms with Gasteiger partial charge in [0.2, 0.25) is 0 Å². The van der Waals surface area contributed by atoms with Crippen molar-refractivity contribution < 1.29 is 69.5 Å². The number of carbonyl (C=O) groups excluding carboxylic acids is 8. The van der Waals surface area contributed by atoms with Crippen LogP contribution >= 0.6 is 0 Å². The molecule has 0 aromatic rings. The van der Waals surface area contributed by atoms with Gasteiger partial charge in [-0.15, -0.1) is 0 Å². The zero-order chi connectivity index (χ0) is 23.4. The number of hydrogen-bond acceptors (Lipinski definition) is 8. The molecule has 0 saturated carbocycles. The Bertz CT molecular complexity index is 439. The summed E-state index contributed by atoms with van der Waals surface area (Å²) in [6.07, 6.45) is 0.333. The quantitative estimate of drug-likeness (QED) is 0.370. The van der Waals surface area contributed by atoms with Crippen molar-refractivity contribution >= 4 is 46.3 Å². The van der Waals surface area contributed by atoms with E-state index in [1.807, 2.05) is 0 Å². The SMILES string of the molecule is CC(=O)CC(C)=O.CC(=O)CC(C)=O.CC(=O)CC(C)=O.CC(=O)CC(C)=O.[U]. The van der Waals surface area contributed by atoms with Gasteiger partial charge in [-0.1, -0.05) is 0 Å². The third-order valence-electron chi connectivity index (χ3n) is 1.99. The second-order valence-electron chi connectivity index (χ2n) is 6.32. The third kappa shape index (κ3) is 75.8. The van der Waals surface area contributed by atoms with Gasteiger partial charge in [-0.3, -0.25) is 38.4 Å². The van der Waals surface area contributed by atoms with Gasteiger partial charge in [0, 0.05) is 31.1 Å². The van der Waals surface area contributed by atoms with Crippen LogP contribution in [0.5, 0.6) is 0 Å². The topological polar surface area (TPSA) is 137 Å². The molecule has 0 aromatic heterocycles. The van der Waals surface area contributed by atoms with E-state index in [1.165, 1.54) is 55.4 Å². The Hall–Kier alpha value is -1.59. The summed E-state index contributed by atoms with van der Waals surface area (Å²) >= 11 is 0. The molecule has 9 heteroatoms. The molecule has 0 aliphatic rings. The number of ketones is 8. The monoisotopic (exact) mass is 638 g/mol. The third-order valence-corrected chi connectivity index (χ3v) is 1.99. The number of Topliss-reactive ketones (excluding diaryl/α,β-unsaturated/α-hetero) is 8. The fraction of sp³-hybridized carbons (Fsp3) is 0.600. The summed E-state index contributed by atoms with van der Waals surface area (Å²) in [6, 6.07) is 0. The predicted octanol–water partition coefficient (Wildman–Crippen LogP) is 2.22. The minimum absolute atomic E-state index is 0. The summed E-state index contributed by atoms with van der Waals surface area (Å²) in [5.41, 5.74) is 0. The van der Waals surface area contributed by atoms with Crippen LogP contribution in [0.2, 0.25) is 0 Å². The van der Waals surface area contributed by atoms with Crippen LogP contribution in [0.3, 0.4) is 0 Å². The molecule has 0 spiro atoms. The van der Waals surface area contributed by atoms with Gasteiger partial charge in [-0.05, 0) is 55.4 Å². The molecule has 0 amide bonds. The minimum atomic E-state index is -0.0625. The zero-order valence-corrected chi connectivity index (χ0v) is 22.8. The van der Waals surface area contributed by atoms with E-state index in [4.69, 9.17) is 0 Å². The predicted molar refractivity (Wildman–Crippen MR) is 104 cm³/mol. The average Bonchev–Trinajstić information content (AvgIpc) is 2.32. The van der Waals surface area contributed by atoms with Gasteiger partial charge in [-0.25, -0.2) is 0 Å². The molecule has 0 atom stereocenters. The molecule has 8 nitrogen and oxygen atoms in total. The van der Waals surface area contributed by atoms with Gasteiger partial charge in [0.1, 0.15) is 46.3 Å². The molecule has 0 fully saturated rings. The molecule has 0 aromatic carbocycles. The van der Waals surface area contributed by atoms with Crippen molar-refractivity contribution in [2.75, 3.05) is 0 Å². The maximum absolute atomic E-state index is 10.0. The van der Waals surface area contributed by atoms with E-state index in [-0.39, 0.29) is 103 Å². The Balaban J connectivity index is -0.0000000873. The summed E-state index contributed by atoms with van der Waals surface area (Å²) in [5.74, 6) is -0.500. The van der Waals surface area contributed by atoms with Crippen LogP contribution in [0.4, 0.5) is 0 Å². The van der Waals surface area contributed by atoms with Crippen LogP contribution in [0, 0.1) is 31.1 Å². The maximum atomic E-state index is 10.0. The fourth-order valence-electron chi connectivity index (χ4n) is 1.40. The molecule has 0 bridgehead atoms. The standard InChI is InChI=1S/4C5H8O2.U/c4*1-4(6)3-5(2)7;/h4*3H2,1-2H3;. The molecule has 0 radical (unpaired) electrons. The van der Waals surface area contributed by atoms with E-state index in [0.717, 1.165) is 0 Å². The summed E-state index contributed by atoms with van der Waals surface area (Å²) in [5, 5.41) is 0. The van der Waals surface area contributed by atoms with Gasteiger partial charge >= 0.3 is 0 Å². The van der Waals surface area contributed by atoms with E-state index < -0.39 is 0 Å². The first-order valence-corrected chi connectivity index (χ1v) is 8.46. The summed E-state index contributed by atoms with van der Waals surface area (Å²) < 4.78 is 0. The van der Waals surface area contributed by atoms with E-state index in [1.54, 1.807) is 0 Å². The van der Waals surface area contributed by atoms with Crippen LogP contribution in [0.25, 0.3) is 0 Å². The van der Waals surface area contributed by atoms with Crippen molar-refractivity contribution in [3.8, 4) is 0 Å². The Morgan fingerprint density at radius 3 is 0.379 bits per heavy atom. The van der Waals surface area contributed by atoms with Crippen molar-refractivity contribution in [3.05, 3.63) is 0 Å². The first-order chi connectivity index (χ1) is 12.5. The Morgan fingerprint density at radius 2 is 0.379 bits per heavy atom. The fourth-order valence-corrected chi connectivity index (χ4v) is 1.40. The molecular weight excluding hydrogens is 606 g/mol. The second-order valence-corrected chi connectivity index (χ2v) is 6.32. The Kier molecular flexibility index (Phi) is 32.1. The largest absolute Gasteiger partial charge is 0.300 e. The molecule has 0 aliphatic carbocycles.